The lowest BCUT2D eigenvalue weighted by Gasteiger charge is -2.41. The highest BCUT2D eigenvalue weighted by molar-refractivity contribution is 6.02. The number of ketones is 1. The average Bonchev–Trinajstić information content (AvgIpc) is 3.58. The number of Topliss-reactive ketones (excluding diaryl/α,β-unsaturated/α-hetero) is 1. The Kier molecular flexibility index (Phi) is 4.95. The van der Waals surface area contributed by atoms with Crippen LogP contribution in [0.4, 0.5) is 0 Å². The summed E-state index contributed by atoms with van der Waals surface area (Å²) in [6.45, 7) is 3.92. The maximum absolute atomic E-state index is 14.0. The summed E-state index contributed by atoms with van der Waals surface area (Å²) in [6, 6.07) is 0.500. The smallest absolute Gasteiger partial charge is 0.317 e. The summed E-state index contributed by atoms with van der Waals surface area (Å²) in [6.07, 6.45) is 5.19. The molecule has 2 spiro atoms. The first-order chi connectivity index (χ1) is 16.5. The van der Waals surface area contributed by atoms with Crippen LogP contribution in [-0.4, -0.2) is 41.7 Å². The van der Waals surface area contributed by atoms with Gasteiger partial charge in [0.05, 0.1) is 23.7 Å². The Bertz CT molecular complexity index is 961. The predicted octanol–water partition coefficient (Wildman–Crippen LogP) is 1.10. The summed E-state index contributed by atoms with van der Waals surface area (Å²) in [5.41, 5.74) is 9.72. The van der Waals surface area contributed by atoms with Crippen molar-refractivity contribution in [2.45, 2.75) is 70.9 Å². The van der Waals surface area contributed by atoms with Gasteiger partial charge >= 0.3 is 23.9 Å². The van der Waals surface area contributed by atoms with Crippen molar-refractivity contribution in [1.82, 2.24) is 0 Å². The van der Waals surface area contributed by atoms with Gasteiger partial charge in [-0.1, -0.05) is 0 Å². The van der Waals surface area contributed by atoms with E-state index in [0.29, 0.717) is 12.8 Å². The van der Waals surface area contributed by atoms with Crippen molar-refractivity contribution in [3.05, 3.63) is 0 Å². The Hall–Kier alpha value is -2.13. The third-order valence-corrected chi connectivity index (χ3v) is 10.6. The Balaban J connectivity index is 0.000000290. The number of carbonyl (C=O) groups is 5. The minimum atomic E-state index is -0.554. The fourth-order valence-electron chi connectivity index (χ4n) is 9.75. The first kappa shape index (κ1) is 23.3. The second-order valence-electron chi connectivity index (χ2n) is 12.5. The topological polar surface area (TPSA) is 156 Å². The van der Waals surface area contributed by atoms with E-state index in [1.165, 1.54) is 0 Å². The summed E-state index contributed by atoms with van der Waals surface area (Å²) in [5.74, 6) is -3.28. The van der Waals surface area contributed by atoms with E-state index in [1.807, 2.05) is 13.8 Å². The van der Waals surface area contributed by atoms with E-state index in [1.54, 1.807) is 0 Å². The number of carbonyl (C=O) groups excluding carboxylic acids is 5. The highest BCUT2D eigenvalue weighted by Gasteiger charge is 2.78. The number of rotatable bonds is 2. The molecule has 2 aliphatic heterocycles. The monoisotopic (exact) mass is 486 g/mol. The van der Waals surface area contributed by atoms with Crippen LogP contribution in [0, 0.1) is 58.2 Å². The van der Waals surface area contributed by atoms with Gasteiger partial charge in [0, 0.05) is 22.9 Å². The van der Waals surface area contributed by atoms with Crippen molar-refractivity contribution in [3.8, 4) is 0 Å². The van der Waals surface area contributed by atoms with Gasteiger partial charge in [-0.2, -0.15) is 0 Å². The number of ether oxygens (including phenoxy) is 2. The van der Waals surface area contributed by atoms with E-state index < -0.39 is 46.5 Å². The van der Waals surface area contributed by atoms with Gasteiger partial charge in [-0.3, -0.25) is 24.0 Å². The van der Waals surface area contributed by atoms with Crippen molar-refractivity contribution < 1.29 is 33.4 Å². The third-order valence-electron chi connectivity index (χ3n) is 10.6. The largest absolute Gasteiger partial charge is 0.393 e. The maximum Gasteiger partial charge on any atom is 0.317 e. The Morgan fingerprint density at radius 1 is 0.714 bits per heavy atom. The molecule has 0 radical (unpaired) electrons. The zero-order valence-electron chi connectivity index (χ0n) is 20.2. The molecule has 2 saturated heterocycles. The number of hydrogen-bond donors (Lipinski definition) is 2. The van der Waals surface area contributed by atoms with Crippen molar-refractivity contribution in [2.75, 3.05) is 0 Å². The Morgan fingerprint density at radius 2 is 1.09 bits per heavy atom. The highest BCUT2D eigenvalue weighted by atomic mass is 16.6. The van der Waals surface area contributed by atoms with Crippen LogP contribution >= 0.6 is 0 Å². The zero-order chi connectivity index (χ0) is 25.0. The first-order valence-electron chi connectivity index (χ1n) is 13.1. The molecule has 5 aliphatic carbocycles. The lowest BCUT2D eigenvalue weighted by atomic mass is 9.58. The van der Waals surface area contributed by atoms with Crippen molar-refractivity contribution >= 4 is 29.7 Å². The molecule has 4 N–H and O–H groups in total. The zero-order valence-corrected chi connectivity index (χ0v) is 20.2. The van der Waals surface area contributed by atoms with Crippen LogP contribution in [0.1, 0.15) is 58.8 Å². The van der Waals surface area contributed by atoms with Crippen LogP contribution < -0.4 is 11.5 Å². The van der Waals surface area contributed by atoms with E-state index >= 15 is 0 Å². The van der Waals surface area contributed by atoms with Crippen molar-refractivity contribution in [1.29, 1.82) is 0 Å². The van der Waals surface area contributed by atoms with Crippen LogP contribution in [0.5, 0.6) is 0 Å². The fourth-order valence-corrected chi connectivity index (χ4v) is 9.75. The van der Waals surface area contributed by atoms with Gasteiger partial charge in [-0.15, -0.1) is 0 Å². The molecule has 190 valence electrons. The van der Waals surface area contributed by atoms with E-state index in [4.69, 9.17) is 20.9 Å². The second kappa shape index (κ2) is 7.44. The molecule has 9 nitrogen and oxygen atoms in total. The lowest BCUT2D eigenvalue weighted by molar-refractivity contribution is -0.156. The minimum Gasteiger partial charge on any atom is -0.393 e. The van der Waals surface area contributed by atoms with Crippen molar-refractivity contribution in [2.24, 2.45) is 69.6 Å². The summed E-state index contributed by atoms with van der Waals surface area (Å²) in [7, 11) is 0. The molecule has 0 amide bonds. The molecule has 0 aromatic carbocycles. The molecule has 0 aromatic rings. The number of fused-ring (bicyclic) bond motifs is 12. The molecule has 12 atom stereocenters. The van der Waals surface area contributed by atoms with Gasteiger partial charge in [-0.25, -0.2) is 0 Å². The summed E-state index contributed by atoms with van der Waals surface area (Å²) >= 11 is 0. The van der Waals surface area contributed by atoms with Crippen LogP contribution in [0.3, 0.4) is 0 Å². The molecule has 7 aliphatic rings. The van der Waals surface area contributed by atoms with Gasteiger partial charge in [0.2, 0.25) is 0 Å². The van der Waals surface area contributed by atoms with Crippen LogP contribution in [0.15, 0.2) is 0 Å². The summed E-state index contributed by atoms with van der Waals surface area (Å²) < 4.78 is 9.82. The van der Waals surface area contributed by atoms with Gasteiger partial charge in [0.25, 0.3) is 0 Å². The van der Waals surface area contributed by atoms with E-state index in [0.717, 1.165) is 32.1 Å². The molecule has 0 aromatic heterocycles. The van der Waals surface area contributed by atoms with E-state index in [2.05, 4.69) is 0 Å². The molecule has 2 heterocycles. The van der Waals surface area contributed by atoms with Crippen molar-refractivity contribution in [3.63, 3.8) is 0 Å². The molecular formula is C26H34N2O7. The molecule has 12 unspecified atom stereocenters. The molecule has 7 rings (SSSR count). The van der Waals surface area contributed by atoms with Gasteiger partial charge < -0.3 is 20.9 Å². The maximum atomic E-state index is 14.0. The molecule has 9 heteroatoms. The van der Waals surface area contributed by atoms with E-state index in [9.17, 15) is 24.0 Å². The van der Waals surface area contributed by atoms with Gasteiger partial charge in [-0.05, 0) is 82.5 Å². The standard InChI is InChI=1S/C21H20O7.C5H14N2/c22-15-11-7-3-9(13(11)17(24)27-15)20(5-7)1-2-21(19(20)26)6-8-4-10(21)14-12(8)16(23)28-18(14)25;1-4(6)3-5(2)7/h7-14H,1-6H2;4-5H,3,6-7H2,1-2H3. The van der Waals surface area contributed by atoms with Gasteiger partial charge in [0.15, 0.2) is 0 Å². The molecule has 35 heavy (non-hydrogen) atoms. The number of hydrogen-bond acceptors (Lipinski definition) is 9. The summed E-state index contributed by atoms with van der Waals surface area (Å²) in [4.78, 5) is 62.8. The lowest BCUT2D eigenvalue weighted by Crippen LogP contribution is -2.48. The molecule has 4 bridgehead atoms. The fraction of sp³-hybridized carbons (Fsp3) is 0.808. The SMILES string of the molecule is CC(N)CC(C)N.O=C1OC(=O)C2C1C1CC2C2(CCC3(CC4CC3C3C(=O)OC(=O)C43)C2=O)C1. The van der Waals surface area contributed by atoms with Crippen LogP contribution in [-0.2, 0) is 33.4 Å². The predicted molar refractivity (Wildman–Crippen MR) is 120 cm³/mol. The quantitative estimate of drug-likeness (QED) is 0.431. The Labute approximate surface area is 204 Å². The Morgan fingerprint density at radius 3 is 1.43 bits per heavy atom. The average molecular weight is 487 g/mol. The first-order valence-corrected chi connectivity index (χ1v) is 13.1. The number of esters is 4. The normalized spacial score (nSPS) is 49.9. The van der Waals surface area contributed by atoms with Gasteiger partial charge in [0.1, 0.15) is 5.78 Å². The minimum absolute atomic E-state index is 0.0532. The van der Waals surface area contributed by atoms with E-state index in [-0.39, 0.29) is 53.4 Å². The molecule has 5 saturated carbocycles. The molecular weight excluding hydrogens is 452 g/mol. The van der Waals surface area contributed by atoms with Crippen LogP contribution in [0.2, 0.25) is 0 Å². The highest BCUT2D eigenvalue weighted by Crippen LogP contribution is 2.75. The third kappa shape index (κ3) is 2.91. The number of cyclic esters (lactones) is 4. The molecule has 7 fully saturated rings. The van der Waals surface area contributed by atoms with Crippen LogP contribution in [0.25, 0.3) is 0 Å². The second-order valence-corrected chi connectivity index (χ2v) is 12.5. The number of nitrogens with two attached hydrogens (primary N) is 2. The summed E-state index contributed by atoms with van der Waals surface area (Å²) in [5, 5.41) is 0.